The zero-order valence-electron chi connectivity index (χ0n) is 15.3. The lowest BCUT2D eigenvalue weighted by molar-refractivity contribution is -0.112. The Morgan fingerprint density at radius 3 is 2.59 bits per heavy atom. The Labute approximate surface area is 159 Å². The number of likely N-dealkylation sites (N-methyl/N-ethyl adjacent to an activating group) is 1. The Hall–Kier alpha value is -1.81. The molecule has 146 valence electrons. The van der Waals surface area contributed by atoms with E-state index in [0.29, 0.717) is 12.2 Å². The number of amides is 1. The van der Waals surface area contributed by atoms with E-state index in [-0.39, 0.29) is 16.5 Å². The SMILES string of the molecule is CN1CCN(C[C@@H]2CCCN2S(=O)(=O)c2ccc3c(c2)C(=O)C(=O)N3)CC1. The van der Waals surface area contributed by atoms with Crippen molar-refractivity contribution in [1.29, 1.82) is 0 Å². The van der Waals surface area contributed by atoms with Crippen LogP contribution >= 0.6 is 0 Å². The summed E-state index contributed by atoms with van der Waals surface area (Å²) in [5, 5.41) is 2.45. The monoisotopic (exact) mass is 392 g/mol. The average molecular weight is 392 g/mol. The number of hydrogen-bond donors (Lipinski definition) is 1. The third-order valence-corrected chi connectivity index (χ3v) is 7.63. The van der Waals surface area contributed by atoms with Gasteiger partial charge in [0.25, 0.3) is 11.7 Å². The predicted octanol–water partition coefficient (Wildman–Crippen LogP) is 0.222. The molecule has 1 N–H and O–H groups in total. The number of benzene rings is 1. The van der Waals surface area contributed by atoms with Crippen LogP contribution in [0.2, 0.25) is 0 Å². The van der Waals surface area contributed by atoms with E-state index in [1.54, 1.807) is 4.31 Å². The van der Waals surface area contributed by atoms with Crippen molar-refractivity contribution >= 4 is 27.4 Å². The Balaban J connectivity index is 1.54. The number of nitrogens with zero attached hydrogens (tertiary/aromatic N) is 3. The minimum atomic E-state index is -3.71. The molecule has 4 rings (SSSR count). The second kappa shape index (κ2) is 6.97. The van der Waals surface area contributed by atoms with Gasteiger partial charge in [0.2, 0.25) is 10.0 Å². The number of sulfonamides is 1. The summed E-state index contributed by atoms with van der Waals surface area (Å²) in [4.78, 5) is 28.1. The van der Waals surface area contributed by atoms with Crippen LogP contribution in [-0.4, -0.2) is 86.6 Å². The molecule has 3 aliphatic rings. The van der Waals surface area contributed by atoms with Gasteiger partial charge in [0.1, 0.15) is 0 Å². The highest BCUT2D eigenvalue weighted by atomic mass is 32.2. The predicted molar refractivity (Wildman–Crippen MR) is 100 cm³/mol. The highest BCUT2D eigenvalue weighted by Crippen LogP contribution is 2.31. The van der Waals surface area contributed by atoms with Gasteiger partial charge in [-0.2, -0.15) is 4.31 Å². The van der Waals surface area contributed by atoms with Gasteiger partial charge in [-0.1, -0.05) is 0 Å². The van der Waals surface area contributed by atoms with Gasteiger partial charge < -0.3 is 10.2 Å². The minimum Gasteiger partial charge on any atom is -0.318 e. The Morgan fingerprint density at radius 2 is 1.85 bits per heavy atom. The number of piperazine rings is 1. The van der Waals surface area contributed by atoms with Crippen LogP contribution in [0.15, 0.2) is 23.1 Å². The summed E-state index contributed by atoms with van der Waals surface area (Å²) in [5.74, 6) is -1.40. The molecule has 0 bridgehead atoms. The number of carbonyl (C=O) groups is 2. The van der Waals surface area contributed by atoms with Crippen LogP contribution in [0.3, 0.4) is 0 Å². The fourth-order valence-corrected chi connectivity index (χ4v) is 5.77. The Kier molecular flexibility index (Phi) is 4.79. The maximum absolute atomic E-state index is 13.2. The lowest BCUT2D eigenvalue weighted by Gasteiger charge is -2.35. The average Bonchev–Trinajstić information content (AvgIpc) is 3.22. The standard InChI is InChI=1S/C18H24N4O4S/c1-20-7-9-21(10-8-20)12-13-3-2-6-22(13)27(25,26)14-4-5-16-15(11-14)17(23)18(24)19-16/h4-5,11,13H,2-3,6-10,12H2,1H3,(H,19,23,24)/t13-/m0/s1. The molecule has 8 nitrogen and oxygen atoms in total. The van der Waals surface area contributed by atoms with Crippen LogP contribution < -0.4 is 5.32 Å². The maximum Gasteiger partial charge on any atom is 0.296 e. The van der Waals surface area contributed by atoms with Gasteiger partial charge in [0.05, 0.1) is 16.1 Å². The molecule has 0 radical (unpaired) electrons. The number of nitrogens with one attached hydrogen (secondary N) is 1. The molecule has 1 aromatic carbocycles. The Bertz CT molecular complexity index is 877. The third kappa shape index (κ3) is 3.40. The van der Waals surface area contributed by atoms with Crippen LogP contribution in [0.1, 0.15) is 23.2 Å². The van der Waals surface area contributed by atoms with Crippen molar-refractivity contribution in [3.63, 3.8) is 0 Å². The molecular weight excluding hydrogens is 368 g/mol. The van der Waals surface area contributed by atoms with Crippen LogP contribution in [-0.2, 0) is 14.8 Å². The lowest BCUT2D eigenvalue weighted by atomic mass is 10.1. The van der Waals surface area contributed by atoms with Gasteiger partial charge in [-0.25, -0.2) is 8.42 Å². The van der Waals surface area contributed by atoms with E-state index >= 15 is 0 Å². The number of rotatable bonds is 4. The van der Waals surface area contributed by atoms with Gasteiger partial charge >= 0.3 is 0 Å². The molecule has 1 atom stereocenters. The second-order valence-corrected chi connectivity index (χ2v) is 9.40. The van der Waals surface area contributed by atoms with E-state index in [2.05, 4.69) is 22.2 Å². The minimum absolute atomic E-state index is 0.0536. The summed E-state index contributed by atoms with van der Waals surface area (Å²) in [6, 6.07) is 4.24. The van der Waals surface area contributed by atoms with Crippen molar-refractivity contribution < 1.29 is 18.0 Å². The van der Waals surface area contributed by atoms with Crippen LogP contribution in [0.4, 0.5) is 5.69 Å². The number of Topliss-reactive ketones (excluding diaryl/α,β-unsaturated/α-hetero) is 1. The lowest BCUT2D eigenvalue weighted by Crippen LogP contribution is -2.50. The van der Waals surface area contributed by atoms with Crippen molar-refractivity contribution in [1.82, 2.24) is 14.1 Å². The quantitative estimate of drug-likeness (QED) is 0.738. The molecule has 9 heteroatoms. The highest BCUT2D eigenvalue weighted by molar-refractivity contribution is 7.89. The van der Waals surface area contributed by atoms with Crippen molar-refractivity contribution in [2.24, 2.45) is 0 Å². The van der Waals surface area contributed by atoms with E-state index in [4.69, 9.17) is 0 Å². The first-order chi connectivity index (χ1) is 12.9. The third-order valence-electron chi connectivity index (χ3n) is 5.68. The number of ketones is 1. The van der Waals surface area contributed by atoms with E-state index < -0.39 is 21.7 Å². The molecule has 0 unspecified atom stereocenters. The molecule has 0 aliphatic carbocycles. The molecule has 3 heterocycles. The summed E-state index contributed by atoms with van der Waals surface area (Å²) in [7, 11) is -1.61. The van der Waals surface area contributed by atoms with Crippen molar-refractivity contribution in [2.45, 2.75) is 23.8 Å². The summed E-state index contributed by atoms with van der Waals surface area (Å²) in [6.07, 6.45) is 1.68. The van der Waals surface area contributed by atoms with E-state index in [1.807, 2.05) is 0 Å². The van der Waals surface area contributed by atoms with Crippen LogP contribution in [0, 0.1) is 0 Å². The number of fused-ring (bicyclic) bond motifs is 1. The molecule has 1 amide bonds. The molecule has 27 heavy (non-hydrogen) atoms. The zero-order valence-corrected chi connectivity index (χ0v) is 16.2. The van der Waals surface area contributed by atoms with E-state index in [9.17, 15) is 18.0 Å². The molecule has 0 saturated carbocycles. The summed E-state index contributed by atoms with van der Waals surface area (Å²) in [5.41, 5.74) is 0.509. The van der Waals surface area contributed by atoms with E-state index in [1.165, 1.54) is 18.2 Å². The number of carbonyl (C=O) groups excluding carboxylic acids is 2. The smallest absolute Gasteiger partial charge is 0.296 e. The molecule has 0 spiro atoms. The summed E-state index contributed by atoms with van der Waals surface area (Å²) < 4.78 is 28.0. The second-order valence-electron chi connectivity index (χ2n) is 7.51. The maximum atomic E-state index is 13.2. The Morgan fingerprint density at radius 1 is 1.11 bits per heavy atom. The molecule has 1 aromatic rings. The van der Waals surface area contributed by atoms with Crippen molar-refractivity contribution in [3.8, 4) is 0 Å². The molecule has 2 saturated heterocycles. The normalized spacial score (nSPS) is 25.0. The van der Waals surface area contributed by atoms with Gasteiger partial charge in [-0.05, 0) is 38.1 Å². The van der Waals surface area contributed by atoms with Gasteiger partial charge in [0.15, 0.2) is 0 Å². The largest absolute Gasteiger partial charge is 0.318 e. The topological polar surface area (TPSA) is 90.0 Å². The van der Waals surface area contributed by atoms with E-state index in [0.717, 1.165) is 45.6 Å². The molecule has 0 aromatic heterocycles. The first-order valence-electron chi connectivity index (χ1n) is 9.29. The zero-order chi connectivity index (χ0) is 19.2. The highest BCUT2D eigenvalue weighted by Gasteiger charge is 2.38. The summed E-state index contributed by atoms with van der Waals surface area (Å²) >= 11 is 0. The van der Waals surface area contributed by atoms with Gasteiger partial charge in [-0.3, -0.25) is 14.5 Å². The van der Waals surface area contributed by atoms with Gasteiger partial charge in [-0.15, -0.1) is 0 Å². The van der Waals surface area contributed by atoms with Crippen LogP contribution in [0.25, 0.3) is 0 Å². The summed E-state index contributed by atoms with van der Waals surface area (Å²) in [6.45, 7) is 5.10. The number of hydrogen-bond acceptors (Lipinski definition) is 6. The molecule has 3 aliphatic heterocycles. The van der Waals surface area contributed by atoms with Crippen molar-refractivity contribution in [2.75, 3.05) is 51.6 Å². The first kappa shape index (κ1) is 18.5. The number of anilines is 1. The van der Waals surface area contributed by atoms with Gasteiger partial charge in [0, 0.05) is 45.3 Å². The first-order valence-corrected chi connectivity index (χ1v) is 10.7. The fourth-order valence-electron chi connectivity index (χ4n) is 4.05. The van der Waals surface area contributed by atoms with Crippen LogP contribution in [0.5, 0.6) is 0 Å². The molecule has 2 fully saturated rings. The van der Waals surface area contributed by atoms with Crippen molar-refractivity contribution in [3.05, 3.63) is 23.8 Å². The fraction of sp³-hybridized carbons (Fsp3) is 0.556. The molecular formula is C18H24N4O4S.